The first-order valence-corrected chi connectivity index (χ1v) is 11.8. The maximum Gasteiger partial charge on any atom is 0.252 e. The summed E-state index contributed by atoms with van der Waals surface area (Å²) in [6.07, 6.45) is 3.40. The molecule has 1 aliphatic rings. The molecule has 0 radical (unpaired) electrons. The van der Waals surface area contributed by atoms with Gasteiger partial charge in [-0.2, -0.15) is 0 Å². The number of halogens is 2. The number of rotatable bonds is 3. The molecule has 1 aliphatic carbocycles. The molecule has 1 amide bonds. The molecule has 3 N–H and O–H groups in total. The number of nitrogens with one attached hydrogen (secondary N) is 3. The third kappa shape index (κ3) is 3.06. The van der Waals surface area contributed by atoms with Gasteiger partial charge in [0.15, 0.2) is 0 Å². The quantitative estimate of drug-likeness (QED) is 0.266. The summed E-state index contributed by atoms with van der Waals surface area (Å²) < 4.78 is 14.0. The molecule has 3 aromatic carbocycles. The van der Waals surface area contributed by atoms with E-state index < -0.39 is 5.82 Å². The highest BCUT2D eigenvalue weighted by Crippen LogP contribution is 2.47. The number of aromatic nitrogens is 4. The average Bonchev–Trinajstić information content (AvgIpc) is 3.60. The minimum absolute atomic E-state index is 0.0274. The first-order chi connectivity index (χ1) is 17.6. The van der Waals surface area contributed by atoms with Gasteiger partial charge in [-0.25, -0.2) is 14.4 Å². The van der Waals surface area contributed by atoms with E-state index in [0.717, 1.165) is 33.2 Å². The molecule has 36 heavy (non-hydrogen) atoms. The molecule has 6 nitrogen and oxygen atoms in total. The summed E-state index contributed by atoms with van der Waals surface area (Å²) >= 11 is 5.98. The number of nitrogens with zero attached hydrogens (tertiary/aromatic N) is 2. The van der Waals surface area contributed by atoms with Gasteiger partial charge in [0.2, 0.25) is 0 Å². The number of amides is 1. The van der Waals surface area contributed by atoms with Crippen molar-refractivity contribution in [1.29, 1.82) is 0 Å². The van der Waals surface area contributed by atoms with Gasteiger partial charge in [-0.3, -0.25) is 4.79 Å². The van der Waals surface area contributed by atoms with E-state index in [1.807, 2.05) is 48.5 Å². The maximum atomic E-state index is 14.0. The van der Waals surface area contributed by atoms with Gasteiger partial charge in [-0.1, -0.05) is 54.1 Å². The minimum atomic E-state index is -0.501. The zero-order valence-corrected chi connectivity index (χ0v) is 19.4. The predicted octanol–water partition coefficient (Wildman–Crippen LogP) is 6.40. The standard InChI is InChI=1S/C28H17ClFN5O/c29-20-12-22-23(13-21(20)30)34-27(33-22)19-7-3-6-18-24(19)14-4-1-2-5-15(14)25(18)35-28(36)17-9-11-32-26-16(17)8-10-31-26/h1-13,25H,(H,31,32)(H,33,34)(H,35,36). The van der Waals surface area contributed by atoms with Crippen LogP contribution < -0.4 is 5.32 Å². The highest BCUT2D eigenvalue weighted by molar-refractivity contribution is 6.31. The number of fused-ring (bicyclic) bond motifs is 5. The molecule has 3 aromatic heterocycles. The third-order valence-electron chi connectivity index (χ3n) is 6.71. The number of hydrogen-bond donors (Lipinski definition) is 3. The van der Waals surface area contributed by atoms with Crippen molar-refractivity contribution in [3.8, 4) is 22.5 Å². The number of hydrogen-bond acceptors (Lipinski definition) is 3. The van der Waals surface area contributed by atoms with Crippen LogP contribution in [0.1, 0.15) is 27.5 Å². The summed E-state index contributed by atoms with van der Waals surface area (Å²) in [4.78, 5) is 28.7. The van der Waals surface area contributed by atoms with E-state index in [0.29, 0.717) is 28.1 Å². The molecule has 174 valence electrons. The van der Waals surface area contributed by atoms with Gasteiger partial charge < -0.3 is 15.3 Å². The van der Waals surface area contributed by atoms with Crippen molar-refractivity contribution in [2.24, 2.45) is 0 Å². The molecule has 0 spiro atoms. The fourth-order valence-corrected chi connectivity index (χ4v) is 5.27. The molecule has 0 bridgehead atoms. The molecule has 0 saturated heterocycles. The van der Waals surface area contributed by atoms with Crippen LogP contribution in [-0.2, 0) is 0 Å². The van der Waals surface area contributed by atoms with Gasteiger partial charge in [-0.15, -0.1) is 0 Å². The van der Waals surface area contributed by atoms with Crippen LogP contribution in [0.5, 0.6) is 0 Å². The molecular formula is C28H17ClFN5O. The van der Waals surface area contributed by atoms with Crippen molar-refractivity contribution in [2.45, 2.75) is 6.04 Å². The molecular weight excluding hydrogens is 477 g/mol. The van der Waals surface area contributed by atoms with Crippen molar-refractivity contribution in [2.75, 3.05) is 0 Å². The van der Waals surface area contributed by atoms with Crippen LogP contribution >= 0.6 is 11.6 Å². The van der Waals surface area contributed by atoms with E-state index in [1.165, 1.54) is 12.1 Å². The zero-order chi connectivity index (χ0) is 24.4. The lowest BCUT2D eigenvalue weighted by Gasteiger charge is -2.16. The Morgan fingerprint density at radius 3 is 2.75 bits per heavy atom. The van der Waals surface area contributed by atoms with Crippen LogP contribution in [0.2, 0.25) is 5.02 Å². The number of H-pyrrole nitrogens is 2. The first kappa shape index (κ1) is 20.8. The lowest BCUT2D eigenvalue weighted by atomic mass is 9.98. The number of benzene rings is 3. The molecule has 8 heteroatoms. The number of carbonyl (C=O) groups is 1. The van der Waals surface area contributed by atoms with Crippen molar-refractivity contribution in [3.05, 3.63) is 107 Å². The van der Waals surface area contributed by atoms with E-state index in [1.54, 1.807) is 18.5 Å². The Hall–Kier alpha value is -4.49. The van der Waals surface area contributed by atoms with Gasteiger partial charge in [-0.05, 0) is 40.5 Å². The fraction of sp³-hybridized carbons (Fsp3) is 0.0357. The van der Waals surface area contributed by atoms with Gasteiger partial charge in [0.25, 0.3) is 5.91 Å². The van der Waals surface area contributed by atoms with Crippen LogP contribution in [0.15, 0.2) is 79.1 Å². The summed E-state index contributed by atoms with van der Waals surface area (Å²) in [5.41, 5.74) is 7.18. The second kappa shape index (κ2) is 7.76. The summed E-state index contributed by atoms with van der Waals surface area (Å²) in [5.74, 6) is -0.0826. The topological polar surface area (TPSA) is 86.5 Å². The van der Waals surface area contributed by atoms with Crippen LogP contribution in [0.3, 0.4) is 0 Å². The summed E-state index contributed by atoms with van der Waals surface area (Å²) in [6.45, 7) is 0. The molecule has 6 aromatic rings. The second-order valence-electron chi connectivity index (χ2n) is 8.73. The number of carbonyl (C=O) groups excluding carboxylic acids is 1. The van der Waals surface area contributed by atoms with Gasteiger partial charge in [0.1, 0.15) is 17.3 Å². The molecule has 0 fully saturated rings. The van der Waals surface area contributed by atoms with Crippen LogP contribution in [-0.4, -0.2) is 25.8 Å². The number of pyridine rings is 1. The molecule has 0 saturated carbocycles. The zero-order valence-electron chi connectivity index (χ0n) is 18.6. The summed E-state index contributed by atoms with van der Waals surface area (Å²) in [7, 11) is 0. The minimum Gasteiger partial charge on any atom is -0.346 e. The highest BCUT2D eigenvalue weighted by Gasteiger charge is 2.32. The third-order valence-corrected chi connectivity index (χ3v) is 7.00. The predicted molar refractivity (Wildman–Crippen MR) is 137 cm³/mol. The van der Waals surface area contributed by atoms with Crippen molar-refractivity contribution < 1.29 is 9.18 Å². The SMILES string of the molecule is O=C(NC1c2ccccc2-c2c(-c3nc4cc(Cl)c(F)cc4[nH]3)cccc21)c1ccnc2[nH]ccc12. The first-order valence-electron chi connectivity index (χ1n) is 11.4. The fourth-order valence-electron chi connectivity index (χ4n) is 5.11. The van der Waals surface area contributed by atoms with Crippen molar-refractivity contribution in [3.63, 3.8) is 0 Å². The Morgan fingerprint density at radius 2 is 1.83 bits per heavy atom. The summed E-state index contributed by atoms with van der Waals surface area (Å²) in [5, 5.41) is 4.03. The molecule has 7 rings (SSSR count). The van der Waals surface area contributed by atoms with Gasteiger partial charge in [0, 0.05) is 29.4 Å². The monoisotopic (exact) mass is 493 g/mol. The van der Waals surface area contributed by atoms with E-state index >= 15 is 0 Å². The lowest BCUT2D eigenvalue weighted by molar-refractivity contribution is 0.0945. The maximum absolute atomic E-state index is 14.0. The number of imidazole rings is 1. The van der Waals surface area contributed by atoms with Crippen molar-refractivity contribution in [1.82, 2.24) is 25.3 Å². The summed E-state index contributed by atoms with van der Waals surface area (Å²) in [6, 6.07) is 20.0. The van der Waals surface area contributed by atoms with Gasteiger partial charge >= 0.3 is 0 Å². The van der Waals surface area contributed by atoms with Crippen molar-refractivity contribution >= 4 is 39.6 Å². The number of aromatic amines is 2. The van der Waals surface area contributed by atoms with E-state index in [4.69, 9.17) is 16.6 Å². The largest absolute Gasteiger partial charge is 0.346 e. The Morgan fingerprint density at radius 1 is 1.00 bits per heavy atom. The van der Waals surface area contributed by atoms with E-state index in [9.17, 15) is 9.18 Å². The van der Waals surface area contributed by atoms with Gasteiger partial charge in [0.05, 0.1) is 27.7 Å². The Labute approximate surface area is 209 Å². The molecule has 0 aliphatic heterocycles. The average molecular weight is 494 g/mol. The van der Waals surface area contributed by atoms with Crippen LogP contribution in [0.25, 0.3) is 44.6 Å². The second-order valence-corrected chi connectivity index (χ2v) is 9.14. The Kier molecular flexibility index (Phi) is 4.49. The van der Waals surface area contributed by atoms with Crippen LogP contribution in [0, 0.1) is 5.82 Å². The molecule has 3 heterocycles. The smallest absolute Gasteiger partial charge is 0.252 e. The van der Waals surface area contributed by atoms with Crippen LogP contribution in [0.4, 0.5) is 4.39 Å². The lowest BCUT2D eigenvalue weighted by Crippen LogP contribution is -2.28. The van der Waals surface area contributed by atoms with E-state index in [2.05, 4.69) is 20.3 Å². The highest BCUT2D eigenvalue weighted by atomic mass is 35.5. The Balaban J connectivity index is 1.36. The van der Waals surface area contributed by atoms with E-state index in [-0.39, 0.29) is 17.0 Å². The molecule has 1 atom stereocenters. The Bertz CT molecular complexity index is 1800. The normalized spacial score (nSPS) is 14.2. The molecule has 1 unspecified atom stereocenters.